The molecule has 6 nitrogen and oxygen atoms in total. The maximum Gasteiger partial charge on any atom is 0.261 e. The van der Waals surface area contributed by atoms with Gasteiger partial charge in [-0.05, 0) is 49.4 Å². The molecule has 0 radical (unpaired) electrons. The van der Waals surface area contributed by atoms with Crippen LogP contribution in [0.4, 0.5) is 5.69 Å². The molecule has 112 valence electrons. The number of anilines is 1. The number of Topliss-reactive ketones (excluding diaryl/α,β-unsaturated/α-hetero) is 1. The summed E-state index contributed by atoms with van der Waals surface area (Å²) in [6.45, 7) is 1.46. The molecular weight excluding hydrogens is 302 g/mol. The van der Waals surface area contributed by atoms with Gasteiger partial charge < -0.3 is 4.98 Å². The Kier molecular flexibility index (Phi) is 3.42. The van der Waals surface area contributed by atoms with Crippen LogP contribution < -0.4 is 4.72 Å². The van der Waals surface area contributed by atoms with Crippen molar-refractivity contribution in [2.24, 2.45) is 0 Å². The van der Waals surface area contributed by atoms with E-state index in [1.165, 1.54) is 25.4 Å². The van der Waals surface area contributed by atoms with Gasteiger partial charge in [0, 0.05) is 11.3 Å². The lowest BCUT2D eigenvalue weighted by Gasteiger charge is -2.08. The molecule has 0 saturated carbocycles. The molecule has 0 unspecified atom stereocenters. The quantitative estimate of drug-likeness (QED) is 0.724. The number of nitrogens with zero attached hydrogens (tertiary/aromatic N) is 1. The average Bonchev–Trinajstić information content (AvgIpc) is 2.94. The molecule has 0 aliphatic carbocycles. The third kappa shape index (κ3) is 2.71. The largest absolute Gasteiger partial charge is 0.345 e. The molecule has 7 heteroatoms. The molecule has 0 aliphatic rings. The van der Waals surface area contributed by atoms with Gasteiger partial charge >= 0.3 is 0 Å². The summed E-state index contributed by atoms with van der Waals surface area (Å²) in [7, 11) is -3.70. The highest BCUT2D eigenvalue weighted by Gasteiger charge is 2.15. The minimum atomic E-state index is -3.70. The number of carbonyl (C=O) groups is 1. The highest BCUT2D eigenvalue weighted by Crippen LogP contribution is 2.20. The lowest BCUT2D eigenvalue weighted by atomic mass is 10.1. The Morgan fingerprint density at radius 1 is 1.14 bits per heavy atom. The molecule has 0 fully saturated rings. The first-order valence-electron chi connectivity index (χ1n) is 6.53. The number of sulfonamides is 1. The number of ketones is 1. The maximum absolute atomic E-state index is 12.4. The van der Waals surface area contributed by atoms with Gasteiger partial charge in [0.05, 0.1) is 22.3 Å². The second-order valence-corrected chi connectivity index (χ2v) is 6.50. The van der Waals surface area contributed by atoms with E-state index in [0.717, 1.165) is 0 Å². The number of hydrogen-bond acceptors (Lipinski definition) is 4. The Bertz CT molecular complexity index is 944. The zero-order chi connectivity index (χ0) is 15.7. The number of benzene rings is 2. The predicted molar refractivity (Wildman–Crippen MR) is 83.3 cm³/mol. The van der Waals surface area contributed by atoms with E-state index < -0.39 is 10.0 Å². The standard InChI is InChI=1S/C15H13N3O3S/c1-10(19)11-2-4-12(5-3-11)18-22(20,21)13-6-7-14-15(8-13)17-9-16-14/h2-9,18H,1H3,(H,16,17). The van der Waals surface area contributed by atoms with Crippen molar-refractivity contribution >= 4 is 32.5 Å². The van der Waals surface area contributed by atoms with E-state index in [1.807, 2.05) is 0 Å². The molecule has 2 aromatic carbocycles. The number of hydrogen-bond donors (Lipinski definition) is 2. The van der Waals surface area contributed by atoms with Gasteiger partial charge in [-0.25, -0.2) is 13.4 Å². The molecule has 0 aliphatic heterocycles. The molecule has 1 heterocycles. The van der Waals surface area contributed by atoms with Gasteiger partial charge in [-0.15, -0.1) is 0 Å². The molecule has 0 bridgehead atoms. The van der Waals surface area contributed by atoms with Crippen LogP contribution in [-0.2, 0) is 10.0 Å². The van der Waals surface area contributed by atoms with E-state index in [2.05, 4.69) is 14.7 Å². The van der Waals surface area contributed by atoms with Gasteiger partial charge in [0.25, 0.3) is 10.0 Å². The van der Waals surface area contributed by atoms with Gasteiger partial charge in [-0.3, -0.25) is 9.52 Å². The minimum Gasteiger partial charge on any atom is -0.345 e. The molecule has 0 saturated heterocycles. The Morgan fingerprint density at radius 2 is 1.86 bits per heavy atom. The van der Waals surface area contributed by atoms with Crippen LogP contribution in [0.25, 0.3) is 11.0 Å². The number of nitrogens with one attached hydrogen (secondary N) is 2. The Morgan fingerprint density at radius 3 is 2.55 bits per heavy atom. The molecule has 1 aromatic heterocycles. The Balaban J connectivity index is 1.90. The third-order valence-electron chi connectivity index (χ3n) is 3.25. The van der Waals surface area contributed by atoms with Crippen molar-refractivity contribution in [1.29, 1.82) is 0 Å². The van der Waals surface area contributed by atoms with E-state index in [1.54, 1.807) is 30.3 Å². The van der Waals surface area contributed by atoms with Gasteiger partial charge in [-0.1, -0.05) is 0 Å². The zero-order valence-electron chi connectivity index (χ0n) is 11.7. The fraction of sp³-hybridized carbons (Fsp3) is 0.0667. The number of H-pyrrole nitrogens is 1. The van der Waals surface area contributed by atoms with Crippen LogP contribution in [0.3, 0.4) is 0 Å². The predicted octanol–water partition coefficient (Wildman–Crippen LogP) is 2.57. The highest BCUT2D eigenvalue weighted by atomic mass is 32.2. The smallest absolute Gasteiger partial charge is 0.261 e. The molecule has 0 amide bonds. The number of fused-ring (bicyclic) bond motifs is 1. The number of rotatable bonds is 4. The van der Waals surface area contributed by atoms with Crippen LogP contribution in [-0.4, -0.2) is 24.2 Å². The van der Waals surface area contributed by atoms with E-state index >= 15 is 0 Å². The monoisotopic (exact) mass is 315 g/mol. The Hall–Kier alpha value is -2.67. The first-order valence-corrected chi connectivity index (χ1v) is 8.01. The second kappa shape index (κ2) is 5.27. The lowest BCUT2D eigenvalue weighted by molar-refractivity contribution is 0.101. The van der Waals surface area contributed by atoms with E-state index in [-0.39, 0.29) is 10.7 Å². The van der Waals surface area contributed by atoms with Gasteiger partial charge in [0.2, 0.25) is 0 Å². The molecule has 3 rings (SSSR count). The number of aromatic nitrogens is 2. The van der Waals surface area contributed by atoms with E-state index in [0.29, 0.717) is 22.3 Å². The van der Waals surface area contributed by atoms with Crippen LogP contribution in [0.2, 0.25) is 0 Å². The van der Waals surface area contributed by atoms with Crippen molar-refractivity contribution in [3.05, 3.63) is 54.4 Å². The fourth-order valence-corrected chi connectivity index (χ4v) is 3.15. The normalized spacial score (nSPS) is 11.5. The SMILES string of the molecule is CC(=O)c1ccc(NS(=O)(=O)c2ccc3nc[nH]c3c2)cc1. The highest BCUT2D eigenvalue weighted by molar-refractivity contribution is 7.92. The van der Waals surface area contributed by atoms with Crippen LogP contribution in [0, 0.1) is 0 Å². The number of imidazole rings is 1. The first kappa shape index (κ1) is 14.3. The van der Waals surface area contributed by atoms with Gasteiger partial charge in [0.15, 0.2) is 5.78 Å². The zero-order valence-corrected chi connectivity index (χ0v) is 12.5. The molecule has 22 heavy (non-hydrogen) atoms. The minimum absolute atomic E-state index is 0.0703. The van der Waals surface area contributed by atoms with Crippen molar-refractivity contribution in [3.8, 4) is 0 Å². The van der Waals surface area contributed by atoms with Crippen molar-refractivity contribution in [2.75, 3.05) is 4.72 Å². The molecule has 2 N–H and O–H groups in total. The number of aromatic amines is 1. The summed E-state index contributed by atoms with van der Waals surface area (Å²) in [6.07, 6.45) is 1.51. The summed E-state index contributed by atoms with van der Waals surface area (Å²) in [6, 6.07) is 10.9. The second-order valence-electron chi connectivity index (χ2n) is 4.82. The van der Waals surface area contributed by atoms with E-state index in [9.17, 15) is 13.2 Å². The maximum atomic E-state index is 12.4. The van der Waals surface area contributed by atoms with Crippen LogP contribution in [0.1, 0.15) is 17.3 Å². The molecular formula is C15H13N3O3S. The van der Waals surface area contributed by atoms with Crippen molar-refractivity contribution < 1.29 is 13.2 Å². The van der Waals surface area contributed by atoms with Crippen LogP contribution in [0.15, 0.2) is 53.7 Å². The van der Waals surface area contributed by atoms with Crippen LogP contribution >= 0.6 is 0 Å². The summed E-state index contributed by atoms with van der Waals surface area (Å²) in [5, 5.41) is 0. The third-order valence-corrected chi connectivity index (χ3v) is 4.62. The summed E-state index contributed by atoms with van der Waals surface area (Å²) in [4.78, 5) is 18.3. The van der Waals surface area contributed by atoms with E-state index in [4.69, 9.17) is 0 Å². The molecule has 3 aromatic rings. The van der Waals surface area contributed by atoms with Gasteiger partial charge in [-0.2, -0.15) is 0 Å². The average molecular weight is 315 g/mol. The summed E-state index contributed by atoms with van der Waals surface area (Å²) in [5.41, 5.74) is 2.27. The summed E-state index contributed by atoms with van der Waals surface area (Å²) >= 11 is 0. The van der Waals surface area contributed by atoms with Gasteiger partial charge in [0.1, 0.15) is 0 Å². The van der Waals surface area contributed by atoms with Crippen LogP contribution in [0.5, 0.6) is 0 Å². The molecule has 0 atom stereocenters. The molecule has 0 spiro atoms. The van der Waals surface area contributed by atoms with Crippen molar-refractivity contribution in [3.63, 3.8) is 0 Å². The summed E-state index contributed by atoms with van der Waals surface area (Å²) < 4.78 is 27.2. The fourth-order valence-electron chi connectivity index (χ4n) is 2.07. The first-order chi connectivity index (χ1) is 10.5. The lowest BCUT2D eigenvalue weighted by Crippen LogP contribution is -2.13. The number of carbonyl (C=O) groups excluding carboxylic acids is 1. The van der Waals surface area contributed by atoms with Crippen molar-refractivity contribution in [1.82, 2.24) is 9.97 Å². The van der Waals surface area contributed by atoms with Crippen molar-refractivity contribution in [2.45, 2.75) is 11.8 Å². The Labute approximate surface area is 127 Å². The topological polar surface area (TPSA) is 91.9 Å². The summed E-state index contributed by atoms with van der Waals surface area (Å²) in [5.74, 6) is -0.0703.